The van der Waals surface area contributed by atoms with Crippen LogP contribution in [0.5, 0.6) is 0 Å². The molecular formula is C16H15F2NO3. The summed E-state index contributed by atoms with van der Waals surface area (Å²) in [5, 5.41) is 9.85. The standard InChI is InChI=1S/C16H15F2NO3/c1-2-22-15(21)16(17,18)14(20)12-7-5-6-11(10-12)13-8-3-4-9-19-13/h3-10,14,20H,2H2,1H3. The summed E-state index contributed by atoms with van der Waals surface area (Å²) in [5.41, 5.74) is 1.06. The van der Waals surface area contributed by atoms with Crippen molar-refractivity contribution in [3.63, 3.8) is 0 Å². The van der Waals surface area contributed by atoms with E-state index in [0.29, 0.717) is 11.3 Å². The molecule has 6 heteroatoms. The lowest BCUT2D eigenvalue weighted by Gasteiger charge is -2.21. The van der Waals surface area contributed by atoms with E-state index in [1.54, 1.807) is 30.5 Å². The number of aromatic nitrogens is 1. The Kier molecular flexibility index (Phi) is 4.82. The van der Waals surface area contributed by atoms with Gasteiger partial charge in [0.15, 0.2) is 6.10 Å². The van der Waals surface area contributed by atoms with Gasteiger partial charge in [0, 0.05) is 11.8 Å². The van der Waals surface area contributed by atoms with Crippen LogP contribution in [0.3, 0.4) is 0 Å². The van der Waals surface area contributed by atoms with Crippen LogP contribution in [0.4, 0.5) is 8.78 Å². The van der Waals surface area contributed by atoms with Crippen molar-refractivity contribution in [2.45, 2.75) is 19.0 Å². The number of aliphatic hydroxyl groups is 1. The molecule has 4 nitrogen and oxygen atoms in total. The highest BCUT2D eigenvalue weighted by Crippen LogP contribution is 2.34. The average Bonchev–Trinajstić information content (AvgIpc) is 2.55. The predicted octanol–water partition coefficient (Wildman–Crippen LogP) is 2.98. The Hall–Kier alpha value is -2.34. The van der Waals surface area contributed by atoms with Crippen molar-refractivity contribution < 1.29 is 23.4 Å². The number of nitrogens with zero attached hydrogens (tertiary/aromatic N) is 1. The maximum Gasteiger partial charge on any atom is 0.380 e. The molecule has 0 aliphatic heterocycles. The zero-order valence-corrected chi connectivity index (χ0v) is 11.9. The summed E-state index contributed by atoms with van der Waals surface area (Å²) in [5.74, 6) is -5.76. The Labute approximate surface area is 126 Å². The van der Waals surface area contributed by atoms with Crippen molar-refractivity contribution in [3.8, 4) is 11.3 Å². The number of ether oxygens (including phenoxy) is 1. The molecule has 0 aliphatic carbocycles. The molecule has 0 saturated carbocycles. The minimum atomic E-state index is -4.02. The predicted molar refractivity (Wildman–Crippen MR) is 76.2 cm³/mol. The van der Waals surface area contributed by atoms with Crippen LogP contribution in [0.1, 0.15) is 18.6 Å². The summed E-state index contributed by atoms with van der Waals surface area (Å²) in [4.78, 5) is 15.4. The van der Waals surface area contributed by atoms with E-state index in [2.05, 4.69) is 9.72 Å². The molecule has 2 rings (SSSR count). The number of pyridine rings is 1. The van der Waals surface area contributed by atoms with E-state index in [4.69, 9.17) is 0 Å². The van der Waals surface area contributed by atoms with Crippen molar-refractivity contribution in [1.29, 1.82) is 0 Å². The van der Waals surface area contributed by atoms with Gasteiger partial charge in [-0.25, -0.2) is 4.79 Å². The third-order valence-electron chi connectivity index (χ3n) is 3.05. The van der Waals surface area contributed by atoms with Crippen LogP contribution in [0.25, 0.3) is 11.3 Å². The molecule has 22 heavy (non-hydrogen) atoms. The Bertz CT molecular complexity index is 647. The van der Waals surface area contributed by atoms with E-state index in [-0.39, 0.29) is 12.2 Å². The van der Waals surface area contributed by atoms with Crippen LogP contribution in [0, 0.1) is 0 Å². The molecule has 0 fully saturated rings. The van der Waals surface area contributed by atoms with Crippen molar-refractivity contribution in [2.24, 2.45) is 0 Å². The van der Waals surface area contributed by atoms with E-state index in [9.17, 15) is 18.7 Å². The van der Waals surface area contributed by atoms with Crippen LogP contribution < -0.4 is 0 Å². The number of hydrogen-bond donors (Lipinski definition) is 1. The van der Waals surface area contributed by atoms with Crippen molar-refractivity contribution >= 4 is 5.97 Å². The van der Waals surface area contributed by atoms with E-state index in [0.717, 1.165) is 0 Å². The average molecular weight is 307 g/mol. The minimum Gasteiger partial charge on any atom is -0.461 e. The normalized spacial score (nSPS) is 12.7. The quantitative estimate of drug-likeness (QED) is 0.863. The Morgan fingerprint density at radius 2 is 2.09 bits per heavy atom. The lowest BCUT2D eigenvalue weighted by atomic mass is 10.00. The second kappa shape index (κ2) is 6.62. The Morgan fingerprint density at radius 3 is 2.73 bits per heavy atom. The van der Waals surface area contributed by atoms with Gasteiger partial charge in [-0.15, -0.1) is 0 Å². The van der Waals surface area contributed by atoms with Crippen molar-refractivity contribution in [2.75, 3.05) is 6.61 Å². The summed E-state index contributed by atoms with van der Waals surface area (Å²) in [6.45, 7) is 1.23. The summed E-state index contributed by atoms with van der Waals surface area (Å²) in [7, 11) is 0. The fraction of sp³-hybridized carbons (Fsp3) is 0.250. The van der Waals surface area contributed by atoms with E-state index in [1.807, 2.05) is 0 Å². The van der Waals surface area contributed by atoms with Gasteiger partial charge >= 0.3 is 11.9 Å². The summed E-state index contributed by atoms with van der Waals surface area (Å²) >= 11 is 0. The van der Waals surface area contributed by atoms with Crippen LogP contribution in [0.15, 0.2) is 48.7 Å². The second-order valence-corrected chi connectivity index (χ2v) is 4.59. The van der Waals surface area contributed by atoms with Crippen molar-refractivity contribution in [3.05, 3.63) is 54.2 Å². The first-order valence-corrected chi connectivity index (χ1v) is 6.71. The summed E-state index contributed by atoms with van der Waals surface area (Å²) < 4.78 is 32.1. The third kappa shape index (κ3) is 3.28. The molecule has 1 aromatic carbocycles. The van der Waals surface area contributed by atoms with E-state index >= 15 is 0 Å². The highest BCUT2D eigenvalue weighted by molar-refractivity contribution is 5.78. The molecular weight excluding hydrogens is 292 g/mol. The number of alkyl halides is 2. The topological polar surface area (TPSA) is 59.4 Å². The third-order valence-corrected chi connectivity index (χ3v) is 3.05. The summed E-state index contributed by atoms with van der Waals surface area (Å²) in [6.07, 6.45) is -0.707. The number of aliphatic hydroxyl groups excluding tert-OH is 1. The Morgan fingerprint density at radius 1 is 1.32 bits per heavy atom. The lowest BCUT2D eigenvalue weighted by Crippen LogP contribution is -2.37. The highest BCUT2D eigenvalue weighted by Gasteiger charge is 2.49. The second-order valence-electron chi connectivity index (χ2n) is 4.59. The molecule has 2 aromatic rings. The van der Waals surface area contributed by atoms with Crippen LogP contribution >= 0.6 is 0 Å². The van der Waals surface area contributed by atoms with Crippen LogP contribution in [-0.2, 0) is 9.53 Å². The van der Waals surface area contributed by atoms with Gasteiger partial charge in [0.2, 0.25) is 0 Å². The summed E-state index contributed by atoms with van der Waals surface area (Å²) in [6, 6.07) is 11.1. The van der Waals surface area contributed by atoms with Gasteiger partial charge in [0.05, 0.1) is 12.3 Å². The minimum absolute atomic E-state index is 0.0822. The van der Waals surface area contributed by atoms with Gasteiger partial charge in [0.25, 0.3) is 0 Å². The molecule has 1 unspecified atom stereocenters. The zero-order valence-electron chi connectivity index (χ0n) is 11.9. The fourth-order valence-electron chi connectivity index (χ4n) is 1.95. The van der Waals surface area contributed by atoms with Crippen molar-refractivity contribution in [1.82, 2.24) is 4.98 Å². The molecule has 1 aromatic heterocycles. The van der Waals surface area contributed by atoms with Gasteiger partial charge in [-0.2, -0.15) is 8.78 Å². The fourth-order valence-corrected chi connectivity index (χ4v) is 1.95. The monoisotopic (exact) mass is 307 g/mol. The Balaban J connectivity index is 2.31. The van der Waals surface area contributed by atoms with Gasteiger partial charge in [-0.3, -0.25) is 4.98 Å². The number of hydrogen-bond acceptors (Lipinski definition) is 4. The number of halogens is 2. The number of rotatable bonds is 5. The van der Waals surface area contributed by atoms with Gasteiger partial charge in [-0.05, 0) is 30.7 Å². The SMILES string of the molecule is CCOC(=O)C(F)(F)C(O)c1cccc(-c2ccccn2)c1. The van der Waals surface area contributed by atoms with Crippen LogP contribution in [0.2, 0.25) is 0 Å². The largest absolute Gasteiger partial charge is 0.461 e. The number of esters is 1. The van der Waals surface area contributed by atoms with Gasteiger partial charge < -0.3 is 9.84 Å². The number of benzene rings is 1. The highest BCUT2D eigenvalue weighted by atomic mass is 19.3. The molecule has 0 aliphatic rings. The molecule has 116 valence electrons. The molecule has 1 heterocycles. The number of carbonyl (C=O) groups excluding carboxylic acids is 1. The molecule has 0 bridgehead atoms. The first-order chi connectivity index (χ1) is 10.5. The van der Waals surface area contributed by atoms with Crippen LogP contribution in [-0.4, -0.2) is 28.6 Å². The van der Waals surface area contributed by atoms with Gasteiger partial charge in [-0.1, -0.05) is 24.3 Å². The maximum atomic E-state index is 13.9. The first kappa shape index (κ1) is 16.0. The smallest absolute Gasteiger partial charge is 0.380 e. The van der Waals surface area contributed by atoms with E-state index in [1.165, 1.54) is 25.1 Å². The number of carbonyl (C=O) groups is 1. The molecule has 1 N–H and O–H groups in total. The first-order valence-electron chi connectivity index (χ1n) is 6.71. The molecule has 0 radical (unpaired) electrons. The molecule has 0 spiro atoms. The molecule has 1 atom stereocenters. The zero-order chi connectivity index (χ0) is 16.2. The lowest BCUT2D eigenvalue weighted by molar-refractivity contribution is -0.189. The molecule has 0 amide bonds. The molecule has 0 saturated heterocycles. The van der Waals surface area contributed by atoms with Gasteiger partial charge in [0.1, 0.15) is 0 Å². The van der Waals surface area contributed by atoms with E-state index < -0.39 is 18.0 Å². The maximum absolute atomic E-state index is 13.9.